The Morgan fingerprint density at radius 3 is 2.29 bits per heavy atom. The van der Waals surface area contributed by atoms with Gasteiger partial charge in [0, 0.05) is 5.92 Å². The highest BCUT2D eigenvalue weighted by Gasteiger charge is 2.60. The third-order valence-electron chi connectivity index (χ3n) is 11.3. The second-order valence-corrected chi connectivity index (χ2v) is 13.2. The lowest BCUT2D eigenvalue weighted by Gasteiger charge is -2.61. The minimum atomic E-state index is -0.632. The fourth-order valence-corrected chi connectivity index (χ4v) is 9.45. The number of hydrogen-bond acceptors (Lipinski definition) is 2. The van der Waals surface area contributed by atoms with Crippen LogP contribution < -0.4 is 0 Å². The molecule has 4 rings (SSSR count). The standard InChI is InChI=1S/C29H50O2/c1-7-20(27(3,4)31)9-8-19(2)24-12-13-25-23-11-10-21-18-22(30)14-16-28(21,5)26(23)15-17-29(24,25)6/h8-9,19-26,30-31H,7,10-18H2,1-6H3/b9-8+/t19?,20?,21?,22-,23?,24?,25?,26?,28-,29+/m0/s1. The highest BCUT2D eigenvalue weighted by molar-refractivity contribution is 5.11. The Morgan fingerprint density at radius 1 is 0.935 bits per heavy atom. The van der Waals surface area contributed by atoms with Gasteiger partial charge in [0.1, 0.15) is 0 Å². The van der Waals surface area contributed by atoms with Crippen LogP contribution in [0.5, 0.6) is 0 Å². The Bertz CT molecular complexity index is 662. The van der Waals surface area contributed by atoms with Gasteiger partial charge >= 0.3 is 0 Å². The molecule has 0 amide bonds. The smallest absolute Gasteiger partial charge is 0.0653 e. The molecule has 0 aromatic carbocycles. The molecule has 4 saturated carbocycles. The van der Waals surface area contributed by atoms with Crippen molar-refractivity contribution in [1.29, 1.82) is 0 Å². The summed E-state index contributed by atoms with van der Waals surface area (Å²) in [4.78, 5) is 0. The van der Waals surface area contributed by atoms with E-state index in [1.54, 1.807) is 0 Å². The molecule has 4 aliphatic rings. The fourth-order valence-electron chi connectivity index (χ4n) is 9.45. The quantitative estimate of drug-likeness (QED) is 0.461. The Kier molecular flexibility index (Phi) is 6.50. The second kappa shape index (κ2) is 8.46. The highest BCUT2D eigenvalue weighted by Crippen LogP contribution is 2.68. The maximum atomic E-state index is 10.5. The van der Waals surface area contributed by atoms with Crippen molar-refractivity contribution in [2.24, 2.45) is 52.3 Å². The number of fused-ring (bicyclic) bond motifs is 5. The van der Waals surface area contributed by atoms with E-state index >= 15 is 0 Å². The molecule has 2 nitrogen and oxygen atoms in total. The molecule has 2 heteroatoms. The lowest BCUT2D eigenvalue weighted by atomic mass is 9.44. The molecule has 0 saturated heterocycles. The fraction of sp³-hybridized carbons (Fsp3) is 0.931. The van der Waals surface area contributed by atoms with E-state index in [4.69, 9.17) is 0 Å². The molecule has 7 unspecified atom stereocenters. The van der Waals surface area contributed by atoms with Crippen molar-refractivity contribution < 1.29 is 10.2 Å². The van der Waals surface area contributed by atoms with Crippen LogP contribution in [0.1, 0.15) is 106 Å². The summed E-state index contributed by atoms with van der Waals surface area (Å²) >= 11 is 0. The normalized spacial score (nSPS) is 47.5. The Labute approximate surface area is 192 Å². The van der Waals surface area contributed by atoms with E-state index in [-0.39, 0.29) is 12.0 Å². The summed E-state index contributed by atoms with van der Waals surface area (Å²) in [5.41, 5.74) is 0.333. The van der Waals surface area contributed by atoms with Gasteiger partial charge in [-0.05, 0) is 124 Å². The molecule has 0 aromatic rings. The SMILES string of the molecule is CCC(/C=C/C(C)C1CCC2C3CCC4C[C@@H](O)CC[C@]4(C)C3CC[C@]12C)C(C)(C)O. The monoisotopic (exact) mass is 430 g/mol. The first-order chi connectivity index (χ1) is 14.5. The molecule has 31 heavy (non-hydrogen) atoms. The molecular weight excluding hydrogens is 380 g/mol. The molecular formula is C29H50O2. The van der Waals surface area contributed by atoms with Crippen LogP contribution in [-0.2, 0) is 0 Å². The van der Waals surface area contributed by atoms with E-state index in [1.165, 1.54) is 44.9 Å². The lowest BCUT2D eigenvalue weighted by Crippen LogP contribution is -2.54. The first kappa shape index (κ1) is 23.8. The minimum absolute atomic E-state index is 0.0391. The van der Waals surface area contributed by atoms with Crippen LogP contribution in [-0.4, -0.2) is 21.9 Å². The molecule has 4 fully saturated rings. The molecule has 2 N–H and O–H groups in total. The summed E-state index contributed by atoms with van der Waals surface area (Å²) in [5.74, 6) is 5.08. The molecule has 178 valence electrons. The van der Waals surface area contributed by atoms with Crippen LogP contribution in [0, 0.1) is 52.3 Å². The van der Waals surface area contributed by atoms with E-state index < -0.39 is 5.60 Å². The number of aliphatic hydroxyl groups excluding tert-OH is 1. The molecule has 0 radical (unpaired) electrons. The van der Waals surface area contributed by atoms with Gasteiger partial charge in [-0.15, -0.1) is 0 Å². The van der Waals surface area contributed by atoms with Crippen LogP contribution in [0.2, 0.25) is 0 Å². The Balaban J connectivity index is 1.49. The molecule has 0 aromatic heterocycles. The molecule has 0 heterocycles. The zero-order chi connectivity index (χ0) is 22.6. The van der Waals surface area contributed by atoms with Gasteiger partial charge in [0.05, 0.1) is 11.7 Å². The lowest BCUT2D eigenvalue weighted by molar-refractivity contribution is -0.128. The van der Waals surface area contributed by atoms with Gasteiger partial charge in [0.25, 0.3) is 0 Å². The first-order valence-electron chi connectivity index (χ1n) is 13.6. The summed E-state index contributed by atoms with van der Waals surface area (Å²) in [6, 6.07) is 0. The van der Waals surface area contributed by atoms with Gasteiger partial charge in [0.2, 0.25) is 0 Å². The predicted molar refractivity (Wildman–Crippen MR) is 130 cm³/mol. The zero-order valence-corrected chi connectivity index (χ0v) is 21.2. The van der Waals surface area contributed by atoms with E-state index in [9.17, 15) is 10.2 Å². The molecule has 4 aliphatic carbocycles. The molecule has 0 spiro atoms. The average molecular weight is 431 g/mol. The van der Waals surface area contributed by atoms with Crippen LogP contribution in [0.25, 0.3) is 0 Å². The van der Waals surface area contributed by atoms with Crippen molar-refractivity contribution in [1.82, 2.24) is 0 Å². The highest BCUT2D eigenvalue weighted by atomic mass is 16.3. The van der Waals surface area contributed by atoms with E-state index in [0.29, 0.717) is 16.7 Å². The number of hydrogen-bond donors (Lipinski definition) is 2. The van der Waals surface area contributed by atoms with Gasteiger partial charge < -0.3 is 10.2 Å². The Morgan fingerprint density at radius 2 is 1.61 bits per heavy atom. The Hall–Kier alpha value is -0.340. The van der Waals surface area contributed by atoms with Crippen LogP contribution in [0.15, 0.2) is 12.2 Å². The van der Waals surface area contributed by atoms with Crippen LogP contribution in [0.4, 0.5) is 0 Å². The molecule has 0 aliphatic heterocycles. The minimum Gasteiger partial charge on any atom is -0.393 e. The number of rotatable bonds is 5. The average Bonchev–Trinajstić information content (AvgIpc) is 3.05. The first-order valence-corrected chi connectivity index (χ1v) is 13.6. The number of aliphatic hydroxyl groups is 2. The van der Waals surface area contributed by atoms with E-state index in [0.717, 1.165) is 48.9 Å². The molecule has 0 bridgehead atoms. The van der Waals surface area contributed by atoms with Crippen molar-refractivity contribution >= 4 is 0 Å². The number of allylic oxidation sites excluding steroid dienone is 1. The van der Waals surface area contributed by atoms with Crippen molar-refractivity contribution in [3.63, 3.8) is 0 Å². The topological polar surface area (TPSA) is 40.5 Å². The second-order valence-electron chi connectivity index (χ2n) is 13.2. The third kappa shape index (κ3) is 4.07. The predicted octanol–water partition coefficient (Wildman–Crippen LogP) is 7.00. The van der Waals surface area contributed by atoms with Crippen molar-refractivity contribution in [2.75, 3.05) is 0 Å². The van der Waals surface area contributed by atoms with Crippen LogP contribution >= 0.6 is 0 Å². The van der Waals surface area contributed by atoms with Gasteiger partial charge in [-0.2, -0.15) is 0 Å². The summed E-state index contributed by atoms with van der Waals surface area (Å²) in [6.45, 7) is 13.8. The van der Waals surface area contributed by atoms with Crippen molar-refractivity contribution in [3.05, 3.63) is 12.2 Å². The molecule has 10 atom stereocenters. The maximum absolute atomic E-state index is 10.5. The van der Waals surface area contributed by atoms with Crippen LogP contribution in [0.3, 0.4) is 0 Å². The summed E-state index contributed by atoms with van der Waals surface area (Å²) < 4.78 is 0. The van der Waals surface area contributed by atoms with E-state index in [2.05, 4.69) is 39.8 Å². The van der Waals surface area contributed by atoms with Gasteiger partial charge in [-0.25, -0.2) is 0 Å². The van der Waals surface area contributed by atoms with Crippen molar-refractivity contribution in [2.45, 2.75) is 117 Å². The van der Waals surface area contributed by atoms with Gasteiger partial charge in [-0.1, -0.05) is 39.8 Å². The largest absolute Gasteiger partial charge is 0.393 e. The summed E-state index contributed by atoms with van der Waals surface area (Å²) in [5, 5.41) is 20.8. The zero-order valence-electron chi connectivity index (χ0n) is 21.2. The summed E-state index contributed by atoms with van der Waals surface area (Å²) in [7, 11) is 0. The van der Waals surface area contributed by atoms with Gasteiger partial charge in [-0.3, -0.25) is 0 Å². The maximum Gasteiger partial charge on any atom is 0.0653 e. The summed E-state index contributed by atoms with van der Waals surface area (Å²) in [6.07, 6.45) is 17.5. The van der Waals surface area contributed by atoms with Gasteiger partial charge in [0.15, 0.2) is 0 Å². The van der Waals surface area contributed by atoms with Crippen molar-refractivity contribution in [3.8, 4) is 0 Å². The van der Waals surface area contributed by atoms with E-state index in [1.807, 2.05) is 13.8 Å². The third-order valence-corrected chi connectivity index (χ3v) is 11.3.